The second-order valence-electron chi connectivity index (χ2n) is 24.9. The van der Waals surface area contributed by atoms with Crippen molar-refractivity contribution in [2.75, 3.05) is 0 Å². The zero-order valence-corrected chi connectivity index (χ0v) is 59.6. The lowest BCUT2D eigenvalue weighted by molar-refractivity contribution is -0.138. The fourth-order valence-electron chi connectivity index (χ4n) is 13.4. The van der Waals surface area contributed by atoms with E-state index in [1.54, 1.807) is 46.9 Å². The number of unbranched alkanes of at least 4 members (excludes halogenated alkanes) is 2. The molecule has 4 aliphatic rings. The van der Waals surface area contributed by atoms with Crippen molar-refractivity contribution >= 4 is 157 Å². The average Bonchev–Trinajstić information content (AvgIpc) is 1.55. The average molecular weight is 1460 g/mol. The number of alkyl halides is 6. The Kier molecular flexibility index (Phi) is 17.8. The molecule has 3 aromatic carbocycles. The third-order valence-electron chi connectivity index (χ3n) is 18.6. The number of nitrogens with one attached hydrogen (secondary N) is 4. The maximum atomic E-state index is 14.1. The van der Waals surface area contributed by atoms with Gasteiger partial charge in [0.15, 0.2) is 0 Å². The van der Waals surface area contributed by atoms with Crippen LogP contribution in [0.2, 0.25) is 0 Å². The standard InChI is InChI=1S/C76H60F6N4O4S8/c1-5-9-11-37(7-3)33-43-21-23-51(91-43)59-45-35-57(49-27-31-55(95-49)67-63-61(71(87)85-67)65(83-73(63)89)53-29-25-47(93-53)39-13-17-41(18-14-39)75(77,78)79)98-70(45)60(52-24-22-44(92-52)34-38(8-4)12-10-6-2)46-36-58(97-69(46)59)50-28-32-56(96-50)68-64-62(72(88)86-68)66(84-74(64)90)54-30-26-48(94-54)40-15-19-42(20-16-40)76(80,81)82/h13-32,35-38H,5-12,33-34H2,1-4H3,(H,83,89)(H,84,90)(H,85,87)(H,86,88). The number of amides is 4. The van der Waals surface area contributed by atoms with Crippen LogP contribution in [-0.2, 0) is 44.4 Å². The van der Waals surface area contributed by atoms with Gasteiger partial charge in [-0.25, -0.2) is 0 Å². The van der Waals surface area contributed by atoms with E-state index >= 15 is 0 Å². The van der Waals surface area contributed by atoms with Crippen LogP contribution in [0, 0.1) is 11.8 Å². The Morgan fingerprint density at radius 1 is 0.347 bits per heavy atom. The Morgan fingerprint density at radius 2 is 0.653 bits per heavy atom. The molecule has 2 unspecified atom stereocenters. The summed E-state index contributed by atoms with van der Waals surface area (Å²) in [5, 5.41) is 14.2. The van der Waals surface area contributed by atoms with Crippen molar-refractivity contribution in [3.63, 3.8) is 0 Å². The first-order valence-corrected chi connectivity index (χ1v) is 39.0. The summed E-state index contributed by atoms with van der Waals surface area (Å²) in [6.45, 7) is 9.05. The highest BCUT2D eigenvalue weighted by Gasteiger charge is 2.44. The van der Waals surface area contributed by atoms with Crippen LogP contribution in [-0.4, -0.2) is 23.6 Å². The lowest BCUT2D eigenvalue weighted by Gasteiger charge is -2.13. The van der Waals surface area contributed by atoms with E-state index in [2.05, 4.69) is 97.5 Å². The van der Waals surface area contributed by atoms with Crippen LogP contribution in [0.25, 0.3) is 104 Å². The molecule has 4 N–H and O–H groups in total. The van der Waals surface area contributed by atoms with Crippen molar-refractivity contribution in [2.24, 2.45) is 11.8 Å². The first kappa shape index (κ1) is 66.1. The third kappa shape index (κ3) is 12.2. The lowest BCUT2D eigenvalue weighted by atomic mass is 9.95. The van der Waals surface area contributed by atoms with E-state index in [0.29, 0.717) is 75.0 Å². The van der Waals surface area contributed by atoms with E-state index in [0.717, 1.165) is 123 Å². The molecule has 0 saturated carbocycles. The van der Waals surface area contributed by atoms with Gasteiger partial charge in [-0.1, -0.05) is 103 Å². The predicted molar refractivity (Wildman–Crippen MR) is 394 cm³/mol. The highest BCUT2D eigenvalue weighted by Crippen LogP contribution is 2.56. The molecule has 22 heteroatoms. The highest BCUT2D eigenvalue weighted by atomic mass is 32.1. The molecule has 0 fully saturated rings. The van der Waals surface area contributed by atoms with Gasteiger partial charge in [-0.2, -0.15) is 26.3 Å². The molecule has 12 heterocycles. The van der Waals surface area contributed by atoms with Gasteiger partial charge in [0.1, 0.15) is 0 Å². The van der Waals surface area contributed by atoms with Crippen LogP contribution in [0.15, 0.2) is 156 Å². The summed E-state index contributed by atoms with van der Waals surface area (Å²) in [5.74, 6) is -0.573. The van der Waals surface area contributed by atoms with Crippen LogP contribution >= 0.6 is 90.7 Å². The van der Waals surface area contributed by atoms with E-state index in [9.17, 15) is 45.5 Å². The van der Waals surface area contributed by atoms with Crippen molar-refractivity contribution < 1.29 is 45.5 Å². The fraction of sp³-hybridized carbons (Fsp3) is 0.237. The number of hydrogen-bond donors (Lipinski definition) is 4. The SMILES string of the molecule is CCCCC(CC)Cc1ccc(-c2c3cc(-c4ccc(C5=C6C(=O)NC(c7ccc(-c8ccc(C(F)(F)F)cc8)s7)=C6C(=O)N5)s4)sc3c(-c3ccc(CC(CC)CCCC)s3)c3cc(-c4ccc(C5=C6C(=O)NC(c7ccc(-c8ccc(C(F)(F)F)cc8)s7)=C6C(=O)N5)s4)sc23)s1. The monoisotopic (exact) mass is 1460 g/mol. The first-order valence-electron chi connectivity index (χ1n) is 32.5. The fourth-order valence-corrected chi connectivity index (χ4v) is 22.6. The minimum absolute atomic E-state index is 0.227. The summed E-state index contributed by atoms with van der Waals surface area (Å²) in [5.41, 5.74) is 4.45. The number of halogens is 6. The Labute approximate surface area is 592 Å². The molecule has 0 bridgehead atoms. The van der Waals surface area contributed by atoms with E-state index in [-0.39, 0.29) is 22.3 Å². The molecule has 98 heavy (non-hydrogen) atoms. The topological polar surface area (TPSA) is 116 Å². The van der Waals surface area contributed by atoms with Crippen molar-refractivity contribution in [3.05, 3.63) is 196 Å². The van der Waals surface area contributed by atoms with Gasteiger partial charge in [-0.05, 0) is 145 Å². The van der Waals surface area contributed by atoms with Crippen LogP contribution in [0.3, 0.4) is 0 Å². The van der Waals surface area contributed by atoms with Crippen LogP contribution < -0.4 is 21.3 Å². The quantitative estimate of drug-likeness (QED) is 0.0506. The first-order chi connectivity index (χ1) is 47.2. The molecule has 11 aromatic rings. The molecule has 0 aliphatic carbocycles. The van der Waals surface area contributed by atoms with Gasteiger partial charge < -0.3 is 21.3 Å². The molecule has 2 atom stereocenters. The minimum Gasteiger partial charge on any atom is -0.320 e. The molecular weight excluding hydrogens is 1400 g/mol. The lowest BCUT2D eigenvalue weighted by Crippen LogP contribution is -2.20. The van der Waals surface area contributed by atoms with Gasteiger partial charge in [0.05, 0.1) is 75.7 Å². The molecular formula is C76H60F6N4O4S8. The Hall–Kier alpha value is -7.80. The summed E-state index contributed by atoms with van der Waals surface area (Å²) in [6, 6.07) is 38.8. The van der Waals surface area contributed by atoms with Crippen molar-refractivity contribution in [1.29, 1.82) is 0 Å². The number of rotatable bonds is 22. The van der Waals surface area contributed by atoms with Gasteiger partial charge in [0.25, 0.3) is 23.6 Å². The molecule has 0 radical (unpaired) electrons. The number of fused-ring (bicyclic) bond motifs is 4. The second-order valence-corrected chi connectivity index (χ2v) is 33.6. The van der Waals surface area contributed by atoms with Crippen LogP contribution in [0.4, 0.5) is 26.3 Å². The number of benzene rings is 3. The zero-order chi connectivity index (χ0) is 68.1. The van der Waals surface area contributed by atoms with Crippen molar-refractivity contribution in [3.8, 4) is 61.3 Å². The Bertz CT molecular complexity index is 4810. The van der Waals surface area contributed by atoms with E-state index in [1.165, 1.54) is 105 Å². The molecule has 498 valence electrons. The van der Waals surface area contributed by atoms with Crippen LogP contribution in [0.1, 0.15) is 119 Å². The van der Waals surface area contributed by atoms with Crippen molar-refractivity contribution in [2.45, 2.75) is 104 Å². The largest absolute Gasteiger partial charge is 0.416 e. The summed E-state index contributed by atoms with van der Waals surface area (Å²) in [4.78, 5) is 69.2. The van der Waals surface area contributed by atoms with Gasteiger partial charge in [0.2, 0.25) is 0 Å². The predicted octanol–water partition coefficient (Wildman–Crippen LogP) is 22.8. The van der Waals surface area contributed by atoms with E-state index < -0.39 is 47.1 Å². The molecule has 15 rings (SSSR count). The molecule has 0 saturated heterocycles. The summed E-state index contributed by atoms with van der Waals surface area (Å²) in [7, 11) is 0. The highest BCUT2D eigenvalue weighted by molar-refractivity contribution is 7.29. The molecule has 4 amide bonds. The molecule has 0 spiro atoms. The maximum absolute atomic E-state index is 14.1. The molecule has 8 nitrogen and oxygen atoms in total. The van der Waals surface area contributed by atoms with E-state index in [1.807, 2.05) is 34.8 Å². The smallest absolute Gasteiger partial charge is 0.320 e. The van der Waals surface area contributed by atoms with Gasteiger partial charge >= 0.3 is 12.4 Å². The summed E-state index contributed by atoms with van der Waals surface area (Å²) < 4.78 is 82.8. The normalized spacial score (nSPS) is 15.6. The number of hydrogen-bond acceptors (Lipinski definition) is 12. The maximum Gasteiger partial charge on any atom is 0.416 e. The molecule has 8 aromatic heterocycles. The molecule has 4 aliphatic heterocycles. The number of carbonyl (C=O) groups is 4. The van der Waals surface area contributed by atoms with Gasteiger partial charge in [-0.15, -0.1) is 90.7 Å². The zero-order valence-electron chi connectivity index (χ0n) is 53.1. The summed E-state index contributed by atoms with van der Waals surface area (Å²) >= 11 is 12.7. The Morgan fingerprint density at radius 3 is 0.969 bits per heavy atom. The van der Waals surface area contributed by atoms with Gasteiger partial charge in [0, 0.05) is 80.1 Å². The number of carbonyl (C=O) groups excluding carboxylic acids is 4. The second kappa shape index (κ2) is 26.4. The van der Waals surface area contributed by atoms with Crippen LogP contribution in [0.5, 0.6) is 0 Å². The third-order valence-corrected chi connectivity index (χ3v) is 28.0. The van der Waals surface area contributed by atoms with Crippen molar-refractivity contribution in [1.82, 2.24) is 21.3 Å². The van der Waals surface area contributed by atoms with E-state index in [4.69, 9.17) is 0 Å². The Balaban J connectivity index is 0.830. The minimum atomic E-state index is -4.47. The summed E-state index contributed by atoms with van der Waals surface area (Å²) in [6.07, 6.45) is 2.21. The van der Waals surface area contributed by atoms with Gasteiger partial charge in [-0.3, -0.25) is 19.2 Å². The number of thiophene rings is 8.